The van der Waals surface area contributed by atoms with Crippen molar-refractivity contribution in [2.24, 2.45) is 4.99 Å². The van der Waals surface area contributed by atoms with Gasteiger partial charge in [-0.2, -0.15) is 4.99 Å². The van der Waals surface area contributed by atoms with Crippen molar-refractivity contribution in [3.05, 3.63) is 0 Å². The number of nitrogens with zero attached hydrogens (tertiary/aromatic N) is 2. The zero-order valence-corrected chi connectivity index (χ0v) is 7.13. The molecule has 0 aromatic carbocycles. The van der Waals surface area contributed by atoms with Crippen LogP contribution in [0, 0.1) is 0 Å². The first-order valence-corrected chi connectivity index (χ1v) is 3.94. The van der Waals surface area contributed by atoms with Gasteiger partial charge in [-0.15, -0.1) is 0 Å². The van der Waals surface area contributed by atoms with Gasteiger partial charge in [0.2, 0.25) is 6.08 Å². The summed E-state index contributed by atoms with van der Waals surface area (Å²) in [6.07, 6.45) is 3.59. The Balaban J connectivity index is 2.54. The molecule has 1 aliphatic heterocycles. The van der Waals surface area contributed by atoms with E-state index in [0.717, 1.165) is 25.9 Å². The minimum atomic E-state index is -0.131. The highest BCUT2D eigenvalue weighted by Gasteiger charge is 2.27. The van der Waals surface area contributed by atoms with Gasteiger partial charge in [-0.05, 0) is 26.8 Å². The lowest BCUT2D eigenvalue weighted by atomic mass is 9.91. The van der Waals surface area contributed by atoms with E-state index < -0.39 is 0 Å². The molecule has 0 unspecified atom stereocenters. The number of likely N-dealkylation sites (tertiary alicyclic amines) is 1. The number of hydrogen-bond donors (Lipinski definition) is 0. The van der Waals surface area contributed by atoms with E-state index in [0.29, 0.717) is 0 Å². The van der Waals surface area contributed by atoms with Crippen molar-refractivity contribution < 1.29 is 4.79 Å². The summed E-state index contributed by atoms with van der Waals surface area (Å²) in [5.41, 5.74) is -0.131. The van der Waals surface area contributed by atoms with Gasteiger partial charge in [0, 0.05) is 13.1 Å². The molecule has 1 aliphatic rings. The summed E-state index contributed by atoms with van der Waals surface area (Å²) in [6, 6.07) is 0. The molecule has 0 aromatic rings. The zero-order valence-electron chi connectivity index (χ0n) is 7.13. The summed E-state index contributed by atoms with van der Waals surface area (Å²) in [6.45, 7) is 4.08. The van der Waals surface area contributed by atoms with E-state index in [1.54, 1.807) is 6.08 Å². The summed E-state index contributed by atoms with van der Waals surface area (Å²) in [5.74, 6) is 0. The molecule has 1 fully saturated rings. The third-order valence-corrected chi connectivity index (χ3v) is 2.38. The fourth-order valence-corrected chi connectivity index (χ4v) is 1.32. The fraction of sp³-hybridized carbons (Fsp3) is 0.875. The van der Waals surface area contributed by atoms with E-state index in [-0.39, 0.29) is 5.54 Å². The van der Waals surface area contributed by atoms with Crippen LogP contribution in [-0.4, -0.2) is 36.7 Å². The van der Waals surface area contributed by atoms with E-state index >= 15 is 0 Å². The van der Waals surface area contributed by atoms with Crippen molar-refractivity contribution in [1.82, 2.24) is 4.90 Å². The Morgan fingerprint density at radius 2 is 2.00 bits per heavy atom. The molecule has 3 heteroatoms. The molecule has 0 amide bonds. The van der Waals surface area contributed by atoms with Crippen LogP contribution in [0.3, 0.4) is 0 Å². The second kappa shape index (κ2) is 3.16. The van der Waals surface area contributed by atoms with Crippen LogP contribution in [0.1, 0.15) is 19.8 Å². The lowest BCUT2D eigenvalue weighted by Gasteiger charge is -2.33. The first kappa shape index (κ1) is 8.44. The molecule has 11 heavy (non-hydrogen) atoms. The number of aliphatic imine (C=N–C) groups is 1. The lowest BCUT2D eigenvalue weighted by Crippen LogP contribution is -2.39. The first-order chi connectivity index (χ1) is 5.16. The summed E-state index contributed by atoms with van der Waals surface area (Å²) < 4.78 is 0. The zero-order chi connectivity index (χ0) is 8.32. The summed E-state index contributed by atoms with van der Waals surface area (Å²) in [4.78, 5) is 16.1. The quantitative estimate of drug-likeness (QED) is 0.413. The van der Waals surface area contributed by atoms with Gasteiger partial charge in [-0.25, -0.2) is 4.79 Å². The third-order valence-electron chi connectivity index (χ3n) is 2.38. The molecular formula is C8H14N2O. The number of piperidine rings is 1. The minimum Gasteiger partial charge on any atom is -0.306 e. The van der Waals surface area contributed by atoms with Gasteiger partial charge in [0.15, 0.2) is 0 Å². The molecule has 0 spiro atoms. The molecule has 1 saturated heterocycles. The van der Waals surface area contributed by atoms with Crippen LogP contribution >= 0.6 is 0 Å². The van der Waals surface area contributed by atoms with Crippen molar-refractivity contribution in [1.29, 1.82) is 0 Å². The normalized spacial score (nSPS) is 24.2. The van der Waals surface area contributed by atoms with Gasteiger partial charge < -0.3 is 4.90 Å². The first-order valence-electron chi connectivity index (χ1n) is 3.94. The van der Waals surface area contributed by atoms with Crippen molar-refractivity contribution in [2.75, 3.05) is 20.1 Å². The number of rotatable bonds is 1. The molecule has 3 nitrogen and oxygen atoms in total. The lowest BCUT2D eigenvalue weighted by molar-refractivity contribution is 0.204. The smallest absolute Gasteiger partial charge is 0.235 e. The van der Waals surface area contributed by atoms with Crippen molar-refractivity contribution in [3.8, 4) is 0 Å². The van der Waals surface area contributed by atoms with Crippen LogP contribution in [0.5, 0.6) is 0 Å². The van der Waals surface area contributed by atoms with Gasteiger partial charge in [0.25, 0.3) is 0 Å². The standard InChI is InChI=1S/C8H14N2O/c1-8(9-7-11)3-5-10(2)6-4-8/h3-6H2,1-2H3. The summed E-state index contributed by atoms with van der Waals surface area (Å²) in [7, 11) is 2.09. The molecule has 62 valence electrons. The van der Waals surface area contributed by atoms with E-state index in [4.69, 9.17) is 0 Å². The topological polar surface area (TPSA) is 32.7 Å². The average Bonchev–Trinajstić information content (AvgIpc) is 1.97. The van der Waals surface area contributed by atoms with E-state index in [1.165, 1.54) is 0 Å². The van der Waals surface area contributed by atoms with Gasteiger partial charge >= 0.3 is 0 Å². The predicted molar refractivity (Wildman–Crippen MR) is 43.3 cm³/mol. The highest BCUT2D eigenvalue weighted by Crippen LogP contribution is 2.24. The Hall–Kier alpha value is -0.660. The second-order valence-electron chi connectivity index (χ2n) is 3.50. The molecular weight excluding hydrogens is 140 g/mol. The fourth-order valence-electron chi connectivity index (χ4n) is 1.32. The van der Waals surface area contributed by atoms with Gasteiger partial charge in [-0.3, -0.25) is 0 Å². The minimum absolute atomic E-state index is 0.131. The van der Waals surface area contributed by atoms with Gasteiger partial charge in [0.1, 0.15) is 0 Å². The largest absolute Gasteiger partial charge is 0.306 e. The summed E-state index contributed by atoms with van der Waals surface area (Å²) in [5, 5.41) is 0. The molecule has 0 saturated carbocycles. The van der Waals surface area contributed by atoms with E-state index in [2.05, 4.69) is 16.9 Å². The maximum Gasteiger partial charge on any atom is 0.235 e. The van der Waals surface area contributed by atoms with Crippen molar-refractivity contribution in [2.45, 2.75) is 25.3 Å². The predicted octanol–water partition coefficient (Wildman–Crippen LogP) is 0.806. The maximum atomic E-state index is 10.1. The average molecular weight is 154 g/mol. The molecule has 0 bridgehead atoms. The Morgan fingerprint density at radius 1 is 1.45 bits per heavy atom. The van der Waals surface area contributed by atoms with Crippen molar-refractivity contribution >= 4 is 6.08 Å². The van der Waals surface area contributed by atoms with Gasteiger partial charge in [0.05, 0.1) is 5.54 Å². The Kier molecular flexibility index (Phi) is 2.42. The molecule has 1 heterocycles. The molecule has 0 radical (unpaired) electrons. The number of isocyanates is 1. The molecule has 0 aliphatic carbocycles. The number of carbonyl (C=O) groups excluding carboxylic acids is 1. The Morgan fingerprint density at radius 3 is 2.45 bits per heavy atom. The SMILES string of the molecule is CN1CCC(C)(N=C=O)CC1. The molecule has 1 rings (SSSR count). The van der Waals surface area contributed by atoms with Crippen LogP contribution in [0.15, 0.2) is 4.99 Å². The van der Waals surface area contributed by atoms with Crippen LogP contribution in [0.25, 0.3) is 0 Å². The third kappa shape index (κ3) is 2.14. The second-order valence-corrected chi connectivity index (χ2v) is 3.50. The highest BCUT2D eigenvalue weighted by atomic mass is 16.1. The van der Waals surface area contributed by atoms with Crippen LogP contribution in [0.2, 0.25) is 0 Å². The Labute approximate surface area is 67.1 Å². The van der Waals surface area contributed by atoms with Crippen LogP contribution < -0.4 is 0 Å². The van der Waals surface area contributed by atoms with E-state index in [1.807, 2.05) is 6.92 Å². The molecule has 0 aromatic heterocycles. The van der Waals surface area contributed by atoms with Gasteiger partial charge in [-0.1, -0.05) is 0 Å². The summed E-state index contributed by atoms with van der Waals surface area (Å²) >= 11 is 0. The molecule has 0 N–H and O–H groups in total. The van der Waals surface area contributed by atoms with E-state index in [9.17, 15) is 4.79 Å². The molecule has 0 atom stereocenters. The van der Waals surface area contributed by atoms with Crippen LogP contribution in [0.4, 0.5) is 0 Å². The number of hydrogen-bond acceptors (Lipinski definition) is 3. The Bertz CT molecular complexity index is 177. The van der Waals surface area contributed by atoms with Crippen LogP contribution in [-0.2, 0) is 4.79 Å². The monoisotopic (exact) mass is 154 g/mol. The highest BCUT2D eigenvalue weighted by molar-refractivity contribution is 5.34. The maximum absolute atomic E-state index is 10.1. The van der Waals surface area contributed by atoms with Crippen molar-refractivity contribution in [3.63, 3.8) is 0 Å².